The van der Waals surface area contributed by atoms with Gasteiger partial charge < -0.3 is 10.4 Å². The summed E-state index contributed by atoms with van der Waals surface area (Å²) in [7, 11) is 0. The number of carbonyl (C=O) groups is 2. The van der Waals surface area contributed by atoms with Crippen LogP contribution in [0, 0.1) is 17.1 Å². The van der Waals surface area contributed by atoms with Crippen molar-refractivity contribution in [2.24, 2.45) is 0 Å². The Morgan fingerprint density at radius 3 is 2.57 bits per heavy atom. The molecule has 6 heteroatoms. The number of hydrogen-bond donors (Lipinski definition) is 2. The van der Waals surface area contributed by atoms with Crippen LogP contribution in [0.4, 0.5) is 10.1 Å². The molecule has 0 aliphatic rings. The maximum Gasteiger partial charge on any atom is 0.303 e. The van der Waals surface area contributed by atoms with Crippen LogP contribution in [-0.4, -0.2) is 17.0 Å². The number of amides is 1. The van der Waals surface area contributed by atoms with Crippen molar-refractivity contribution in [2.75, 3.05) is 5.32 Å². The molecule has 0 aliphatic carbocycles. The first kappa shape index (κ1) is 21.0. The average molecular weight is 404 g/mol. The fourth-order valence-corrected chi connectivity index (χ4v) is 3.46. The largest absolute Gasteiger partial charge is 0.481 e. The van der Waals surface area contributed by atoms with E-state index >= 15 is 0 Å². The van der Waals surface area contributed by atoms with E-state index in [-0.39, 0.29) is 18.1 Å². The number of hydrogen-bond acceptors (Lipinski definition) is 3. The number of carboxylic acids is 1. The van der Waals surface area contributed by atoms with Crippen molar-refractivity contribution >= 4 is 28.3 Å². The van der Waals surface area contributed by atoms with Gasteiger partial charge in [0, 0.05) is 17.5 Å². The number of aliphatic carboxylic acids is 1. The van der Waals surface area contributed by atoms with Crippen molar-refractivity contribution in [3.8, 4) is 6.07 Å². The van der Waals surface area contributed by atoms with Crippen molar-refractivity contribution in [2.45, 2.75) is 32.1 Å². The van der Waals surface area contributed by atoms with Crippen molar-refractivity contribution in [1.29, 1.82) is 5.26 Å². The predicted octanol–water partition coefficient (Wildman–Crippen LogP) is 5.00. The molecule has 0 radical (unpaired) electrons. The Labute approximate surface area is 173 Å². The van der Waals surface area contributed by atoms with Crippen LogP contribution in [0.2, 0.25) is 0 Å². The summed E-state index contributed by atoms with van der Waals surface area (Å²) in [5.74, 6) is -2.08. The van der Waals surface area contributed by atoms with Crippen molar-refractivity contribution < 1.29 is 19.1 Å². The number of nitrogens with zero attached hydrogens (tertiary/aromatic N) is 1. The number of fused-ring (bicyclic) bond motifs is 1. The van der Waals surface area contributed by atoms with Crippen LogP contribution in [0.1, 0.15) is 42.4 Å². The Morgan fingerprint density at radius 1 is 1.13 bits per heavy atom. The van der Waals surface area contributed by atoms with Gasteiger partial charge in [-0.2, -0.15) is 5.26 Å². The second kappa shape index (κ2) is 9.19. The monoisotopic (exact) mass is 404 g/mol. The number of rotatable bonds is 7. The third kappa shape index (κ3) is 4.64. The third-order valence-corrected chi connectivity index (χ3v) is 5.10. The van der Waals surface area contributed by atoms with Gasteiger partial charge in [-0.15, -0.1) is 0 Å². The van der Waals surface area contributed by atoms with Gasteiger partial charge in [0.05, 0.1) is 17.6 Å². The molecule has 1 atom stereocenters. The first-order valence-corrected chi connectivity index (χ1v) is 9.63. The molecule has 2 N–H and O–H groups in total. The summed E-state index contributed by atoms with van der Waals surface area (Å²) in [6.45, 7) is 1.74. The summed E-state index contributed by atoms with van der Waals surface area (Å²) in [5.41, 5.74) is 2.35. The van der Waals surface area contributed by atoms with Gasteiger partial charge in [-0.1, -0.05) is 36.4 Å². The number of halogens is 1. The molecule has 0 bridgehead atoms. The molecule has 0 saturated heterocycles. The summed E-state index contributed by atoms with van der Waals surface area (Å²) in [4.78, 5) is 23.8. The molecule has 1 amide bonds. The summed E-state index contributed by atoms with van der Waals surface area (Å²) >= 11 is 0. The topological polar surface area (TPSA) is 90.2 Å². The highest BCUT2D eigenvalue weighted by atomic mass is 19.1. The predicted molar refractivity (Wildman–Crippen MR) is 113 cm³/mol. The number of nitrogens with one attached hydrogen (secondary N) is 1. The minimum atomic E-state index is -0.883. The lowest BCUT2D eigenvalue weighted by Crippen LogP contribution is -2.20. The fourth-order valence-electron chi connectivity index (χ4n) is 3.46. The Morgan fingerprint density at radius 2 is 1.87 bits per heavy atom. The number of carboxylic acid groups (broad SMARTS) is 1. The fraction of sp³-hybridized carbons (Fsp3) is 0.208. The van der Waals surface area contributed by atoms with Crippen LogP contribution in [0.5, 0.6) is 0 Å². The molecule has 0 aliphatic heterocycles. The molecular formula is C24H21FN2O3. The van der Waals surface area contributed by atoms with Crippen LogP contribution in [0.3, 0.4) is 0 Å². The molecule has 0 fully saturated rings. The smallest absolute Gasteiger partial charge is 0.303 e. The molecule has 3 aromatic carbocycles. The van der Waals surface area contributed by atoms with Crippen LogP contribution in [0.25, 0.3) is 10.8 Å². The highest BCUT2D eigenvalue weighted by Crippen LogP contribution is 2.29. The van der Waals surface area contributed by atoms with Crippen LogP contribution >= 0.6 is 0 Å². The lowest BCUT2D eigenvalue weighted by atomic mass is 9.93. The molecular weight excluding hydrogens is 383 g/mol. The van der Waals surface area contributed by atoms with Crippen LogP contribution in [-0.2, 0) is 16.0 Å². The first-order chi connectivity index (χ1) is 14.4. The summed E-state index contributed by atoms with van der Waals surface area (Å²) < 4.78 is 14.1. The lowest BCUT2D eigenvalue weighted by Gasteiger charge is -2.17. The number of aryl methyl sites for hydroxylation is 1. The van der Waals surface area contributed by atoms with Gasteiger partial charge in [0.2, 0.25) is 5.91 Å². The summed E-state index contributed by atoms with van der Waals surface area (Å²) in [6, 6.07) is 17.0. The number of carbonyl (C=O) groups excluding carboxylic acids is 1. The normalized spacial score (nSPS) is 11.6. The van der Waals surface area contributed by atoms with Gasteiger partial charge >= 0.3 is 5.97 Å². The lowest BCUT2D eigenvalue weighted by molar-refractivity contribution is -0.137. The molecule has 0 aromatic heterocycles. The van der Waals surface area contributed by atoms with Crippen LogP contribution in [0.15, 0.2) is 54.6 Å². The van der Waals surface area contributed by atoms with Crippen molar-refractivity contribution in [3.63, 3.8) is 0 Å². The van der Waals surface area contributed by atoms with E-state index in [1.165, 1.54) is 6.07 Å². The molecule has 3 aromatic rings. The highest BCUT2D eigenvalue weighted by Gasteiger charge is 2.20. The second-order valence-electron chi connectivity index (χ2n) is 7.12. The second-order valence-corrected chi connectivity index (χ2v) is 7.12. The first-order valence-electron chi connectivity index (χ1n) is 9.63. The zero-order valence-corrected chi connectivity index (χ0v) is 16.5. The molecule has 30 heavy (non-hydrogen) atoms. The van der Waals surface area contributed by atoms with E-state index in [9.17, 15) is 19.2 Å². The van der Waals surface area contributed by atoms with E-state index in [2.05, 4.69) is 5.32 Å². The van der Waals surface area contributed by atoms with Gasteiger partial charge in [0.25, 0.3) is 0 Å². The highest BCUT2D eigenvalue weighted by molar-refractivity contribution is 6.00. The van der Waals surface area contributed by atoms with E-state index in [0.717, 1.165) is 5.56 Å². The quantitative estimate of drug-likeness (QED) is 0.580. The molecule has 0 saturated carbocycles. The minimum Gasteiger partial charge on any atom is -0.481 e. The van der Waals surface area contributed by atoms with E-state index < -0.39 is 11.9 Å². The standard InChI is InChI=1S/C24H21FN2O3/c1-15(18-11-12-21(25)20-7-3-2-6-19(18)20)24(30)27-22-13-16(14-26)9-10-17(22)5-4-8-23(28)29/h2-3,6-7,9-13,15H,4-5,8H2,1H3,(H,27,30)(H,28,29)/t15-/m0/s1. The zero-order valence-electron chi connectivity index (χ0n) is 16.5. The molecule has 0 spiro atoms. The molecule has 3 rings (SSSR count). The van der Waals surface area contributed by atoms with Crippen molar-refractivity contribution in [1.82, 2.24) is 0 Å². The maximum absolute atomic E-state index is 14.1. The Balaban J connectivity index is 1.87. The van der Waals surface area contributed by atoms with E-state index in [0.29, 0.717) is 40.4 Å². The summed E-state index contributed by atoms with van der Waals surface area (Å²) in [5, 5.41) is 22.0. The van der Waals surface area contributed by atoms with Gasteiger partial charge in [-0.25, -0.2) is 4.39 Å². The van der Waals surface area contributed by atoms with E-state index in [4.69, 9.17) is 5.11 Å². The molecule has 0 unspecified atom stereocenters. The molecule has 5 nitrogen and oxygen atoms in total. The van der Waals surface area contributed by atoms with E-state index in [1.807, 2.05) is 6.07 Å². The van der Waals surface area contributed by atoms with E-state index in [1.54, 1.807) is 55.5 Å². The Hall–Kier alpha value is -3.72. The summed E-state index contributed by atoms with van der Waals surface area (Å²) in [6.07, 6.45) is 0.898. The third-order valence-electron chi connectivity index (χ3n) is 5.10. The number of anilines is 1. The van der Waals surface area contributed by atoms with Crippen LogP contribution < -0.4 is 5.32 Å². The van der Waals surface area contributed by atoms with Gasteiger partial charge in [-0.3, -0.25) is 9.59 Å². The Bertz CT molecular complexity index is 1150. The number of nitriles is 1. The van der Waals surface area contributed by atoms with Crippen molar-refractivity contribution in [3.05, 3.63) is 77.1 Å². The molecule has 0 heterocycles. The van der Waals surface area contributed by atoms with Gasteiger partial charge in [-0.05, 0) is 54.5 Å². The maximum atomic E-state index is 14.1. The SMILES string of the molecule is C[C@H](C(=O)Nc1cc(C#N)ccc1CCCC(=O)O)c1ccc(F)c2ccccc12. The minimum absolute atomic E-state index is 0.0192. The zero-order chi connectivity index (χ0) is 21.7. The molecule has 152 valence electrons. The number of benzene rings is 3. The average Bonchev–Trinajstić information content (AvgIpc) is 2.74. The van der Waals surface area contributed by atoms with Gasteiger partial charge in [0.15, 0.2) is 0 Å². The van der Waals surface area contributed by atoms with Gasteiger partial charge in [0.1, 0.15) is 5.82 Å². The Kier molecular flexibility index (Phi) is 6.43.